The lowest BCUT2D eigenvalue weighted by Gasteiger charge is -2.06. The van der Waals surface area contributed by atoms with E-state index in [-0.39, 0.29) is 5.97 Å². The molecule has 1 aliphatic heterocycles. The molecule has 0 amide bonds. The Labute approximate surface area is 96.6 Å². The van der Waals surface area contributed by atoms with E-state index in [1.807, 2.05) is 13.8 Å². The zero-order valence-corrected chi connectivity index (χ0v) is 10.2. The second-order valence-electron chi connectivity index (χ2n) is 4.14. The van der Waals surface area contributed by atoms with Crippen molar-refractivity contribution in [3.8, 4) is 0 Å². The third-order valence-electron chi connectivity index (χ3n) is 2.43. The number of hydrogen-bond donors (Lipinski definition) is 0. The molecule has 0 aromatic heterocycles. The van der Waals surface area contributed by atoms with Gasteiger partial charge in [-0.05, 0) is 20.8 Å². The molecule has 0 radical (unpaired) electrons. The Morgan fingerprint density at radius 1 is 1.31 bits per heavy atom. The van der Waals surface area contributed by atoms with Crippen LogP contribution in [-0.4, -0.2) is 38.5 Å². The zero-order chi connectivity index (χ0) is 12.0. The minimum atomic E-state index is -0.231. The Morgan fingerprint density at radius 3 is 2.56 bits per heavy atom. The summed E-state index contributed by atoms with van der Waals surface area (Å²) in [5.74, 6) is -0.231. The Morgan fingerprint density at radius 2 is 2.00 bits per heavy atom. The second-order valence-corrected chi connectivity index (χ2v) is 4.14. The van der Waals surface area contributed by atoms with Crippen molar-refractivity contribution in [3.05, 3.63) is 11.1 Å². The van der Waals surface area contributed by atoms with Crippen LogP contribution in [0.5, 0.6) is 0 Å². The lowest BCUT2D eigenvalue weighted by Crippen LogP contribution is -2.10. The van der Waals surface area contributed by atoms with Crippen LogP contribution >= 0.6 is 0 Å². The first kappa shape index (κ1) is 13.2. The van der Waals surface area contributed by atoms with Crippen molar-refractivity contribution in [2.24, 2.45) is 0 Å². The van der Waals surface area contributed by atoms with Crippen molar-refractivity contribution >= 4 is 5.97 Å². The van der Waals surface area contributed by atoms with Crippen LogP contribution in [0.3, 0.4) is 0 Å². The van der Waals surface area contributed by atoms with Crippen molar-refractivity contribution in [2.45, 2.75) is 33.3 Å². The van der Waals surface area contributed by atoms with E-state index < -0.39 is 0 Å². The van der Waals surface area contributed by atoms with E-state index in [1.54, 1.807) is 6.92 Å². The van der Waals surface area contributed by atoms with Crippen molar-refractivity contribution in [1.82, 2.24) is 0 Å². The molecule has 0 aromatic rings. The Balaban J connectivity index is 1.97. The van der Waals surface area contributed by atoms with E-state index in [9.17, 15) is 4.79 Å². The second kappa shape index (κ2) is 6.66. The first-order valence-electron chi connectivity index (χ1n) is 5.62. The molecule has 4 heteroatoms. The minimum Gasteiger partial charge on any atom is -0.462 e. The number of allylic oxidation sites excluding steroid dienone is 1. The maximum atomic E-state index is 11.4. The summed E-state index contributed by atoms with van der Waals surface area (Å²) in [6, 6.07) is 0. The fraction of sp³-hybridized carbons (Fsp3) is 0.750. The van der Waals surface area contributed by atoms with Crippen LogP contribution in [0.1, 0.15) is 27.2 Å². The summed E-state index contributed by atoms with van der Waals surface area (Å²) in [5.41, 5.74) is 1.68. The molecule has 0 aliphatic carbocycles. The van der Waals surface area contributed by atoms with E-state index >= 15 is 0 Å². The van der Waals surface area contributed by atoms with Gasteiger partial charge < -0.3 is 14.2 Å². The highest BCUT2D eigenvalue weighted by Crippen LogP contribution is 2.08. The molecular weight excluding hydrogens is 208 g/mol. The van der Waals surface area contributed by atoms with Crippen LogP contribution in [0.2, 0.25) is 0 Å². The van der Waals surface area contributed by atoms with Crippen molar-refractivity contribution in [3.63, 3.8) is 0 Å². The number of carbonyl (C=O) groups excluding carboxylic acids is 1. The van der Waals surface area contributed by atoms with Gasteiger partial charge in [0.2, 0.25) is 0 Å². The lowest BCUT2D eigenvalue weighted by atomic mass is 10.2. The number of esters is 1. The highest BCUT2D eigenvalue weighted by molar-refractivity contribution is 5.88. The number of epoxide rings is 1. The van der Waals surface area contributed by atoms with Crippen LogP contribution < -0.4 is 0 Å². The van der Waals surface area contributed by atoms with E-state index in [0.717, 1.165) is 18.6 Å². The molecule has 1 rings (SSSR count). The monoisotopic (exact) mass is 228 g/mol. The van der Waals surface area contributed by atoms with Gasteiger partial charge in [0, 0.05) is 18.6 Å². The molecule has 16 heavy (non-hydrogen) atoms. The molecular formula is C12H20O4. The topological polar surface area (TPSA) is 48.1 Å². The quantitative estimate of drug-likeness (QED) is 0.288. The summed E-state index contributed by atoms with van der Waals surface area (Å²) < 4.78 is 15.4. The Kier molecular flexibility index (Phi) is 5.49. The van der Waals surface area contributed by atoms with Crippen molar-refractivity contribution in [2.75, 3.05) is 26.4 Å². The van der Waals surface area contributed by atoms with E-state index in [2.05, 4.69) is 0 Å². The summed E-state index contributed by atoms with van der Waals surface area (Å²) in [7, 11) is 0. The fourth-order valence-corrected chi connectivity index (χ4v) is 1.02. The average molecular weight is 228 g/mol. The van der Waals surface area contributed by atoms with Crippen molar-refractivity contribution in [1.29, 1.82) is 0 Å². The molecule has 1 atom stereocenters. The molecule has 1 saturated heterocycles. The lowest BCUT2D eigenvalue weighted by molar-refractivity contribution is -0.139. The maximum absolute atomic E-state index is 11.4. The normalized spacial score (nSPS) is 18.1. The van der Waals surface area contributed by atoms with Gasteiger partial charge in [-0.15, -0.1) is 0 Å². The summed E-state index contributed by atoms with van der Waals surface area (Å²) in [5, 5.41) is 0. The van der Waals surface area contributed by atoms with Crippen LogP contribution in [0.25, 0.3) is 0 Å². The van der Waals surface area contributed by atoms with Crippen LogP contribution in [0, 0.1) is 0 Å². The zero-order valence-electron chi connectivity index (χ0n) is 10.2. The van der Waals surface area contributed by atoms with E-state index in [4.69, 9.17) is 14.2 Å². The predicted octanol–water partition coefficient (Wildman–Crippen LogP) is 1.69. The molecule has 1 unspecified atom stereocenters. The van der Waals surface area contributed by atoms with Gasteiger partial charge in [-0.1, -0.05) is 5.57 Å². The minimum absolute atomic E-state index is 0.231. The largest absolute Gasteiger partial charge is 0.462 e. The SMILES string of the molecule is CC(C)=C(C)C(=O)OCCCOCC1CO1. The fourth-order valence-electron chi connectivity index (χ4n) is 1.02. The molecule has 0 bridgehead atoms. The molecule has 1 fully saturated rings. The number of carbonyl (C=O) groups is 1. The molecule has 4 nitrogen and oxygen atoms in total. The highest BCUT2D eigenvalue weighted by Gasteiger charge is 2.21. The van der Waals surface area contributed by atoms with Gasteiger partial charge in [-0.2, -0.15) is 0 Å². The molecule has 92 valence electrons. The Hall–Kier alpha value is -0.870. The van der Waals surface area contributed by atoms with E-state index in [1.165, 1.54) is 0 Å². The average Bonchev–Trinajstić information content (AvgIpc) is 3.05. The predicted molar refractivity (Wildman–Crippen MR) is 60.2 cm³/mol. The van der Waals surface area contributed by atoms with Gasteiger partial charge in [0.25, 0.3) is 0 Å². The first-order chi connectivity index (χ1) is 7.61. The van der Waals surface area contributed by atoms with Crippen LogP contribution in [-0.2, 0) is 19.0 Å². The first-order valence-corrected chi connectivity index (χ1v) is 5.62. The van der Waals surface area contributed by atoms with Crippen LogP contribution in [0.4, 0.5) is 0 Å². The third-order valence-corrected chi connectivity index (χ3v) is 2.43. The summed E-state index contributed by atoms with van der Waals surface area (Å²) >= 11 is 0. The standard InChI is InChI=1S/C12H20O4/c1-9(2)10(3)12(13)15-6-4-5-14-7-11-8-16-11/h11H,4-8H2,1-3H3. The molecule has 0 N–H and O–H groups in total. The van der Waals surface area contributed by atoms with Crippen molar-refractivity contribution < 1.29 is 19.0 Å². The van der Waals surface area contributed by atoms with Gasteiger partial charge in [-0.25, -0.2) is 4.79 Å². The number of hydrogen-bond acceptors (Lipinski definition) is 4. The van der Waals surface area contributed by atoms with Gasteiger partial charge in [0.15, 0.2) is 0 Å². The summed E-state index contributed by atoms with van der Waals surface area (Å²) in [6.45, 7) is 8.06. The smallest absolute Gasteiger partial charge is 0.333 e. The summed E-state index contributed by atoms with van der Waals surface area (Å²) in [4.78, 5) is 11.4. The molecule has 1 aliphatic rings. The van der Waals surface area contributed by atoms with Gasteiger partial charge in [0.05, 0.1) is 19.8 Å². The number of ether oxygens (including phenoxy) is 3. The van der Waals surface area contributed by atoms with Gasteiger partial charge in [-0.3, -0.25) is 0 Å². The number of rotatable bonds is 7. The molecule has 0 saturated carbocycles. The molecule has 0 spiro atoms. The van der Waals surface area contributed by atoms with Gasteiger partial charge >= 0.3 is 5.97 Å². The summed E-state index contributed by atoms with van der Waals surface area (Å²) in [6.07, 6.45) is 1.03. The van der Waals surface area contributed by atoms with Crippen LogP contribution in [0.15, 0.2) is 11.1 Å². The highest BCUT2D eigenvalue weighted by atomic mass is 16.6. The van der Waals surface area contributed by atoms with Gasteiger partial charge in [0.1, 0.15) is 6.10 Å². The molecule has 1 heterocycles. The third kappa shape index (κ3) is 5.28. The maximum Gasteiger partial charge on any atom is 0.333 e. The Bertz CT molecular complexity index is 262. The molecule has 0 aromatic carbocycles. The van der Waals surface area contributed by atoms with E-state index in [0.29, 0.717) is 31.5 Å².